The van der Waals surface area contributed by atoms with Crippen LogP contribution in [0.3, 0.4) is 0 Å². The molecule has 4 rings (SSSR count). The van der Waals surface area contributed by atoms with E-state index in [9.17, 15) is 10.2 Å². The molecular weight excluding hydrogens is 308 g/mol. The Morgan fingerprint density at radius 3 is 2.12 bits per heavy atom. The van der Waals surface area contributed by atoms with Crippen LogP contribution in [0, 0.1) is 11.8 Å². The van der Waals surface area contributed by atoms with Crippen molar-refractivity contribution in [2.24, 2.45) is 11.8 Å². The lowest BCUT2D eigenvalue weighted by molar-refractivity contribution is -0.0491. The molecule has 2 aromatic carbocycles. The van der Waals surface area contributed by atoms with Crippen LogP contribution < -0.4 is 0 Å². The molecule has 126 valence electrons. The predicted molar refractivity (Wildman–Crippen MR) is 100 cm³/mol. The van der Waals surface area contributed by atoms with Gasteiger partial charge in [-0.15, -0.1) is 0 Å². The standard InChI is InChI=1S/C23H22O2/c1-16-21(17-10-4-2-5-11-17)23(25,18-12-6-3-7-13-18)20-15-9-8-14-19(20)22(16)24/h2-15,19-21,24-25H,1H3/t19-,20-,21-,23+/m0/s1. The van der Waals surface area contributed by atoms with E-state index < -0.39 is 5.60 Å². The van der Waals surface area contributed by atoms with Crippen LogP contribution >= 0.6 is 0 Å². The summed E-state index contributed by atoms with van der Waals surface area (Å²) in [6.45, 7) is 1.93. The maximum atomic E-state index is 12.1. The van der Waals surface area contributed by atoms with Crippen LogP contribution in [0.4, 0.5) is 0 Å². The molecule has 2 heteroatoms. The number of benzene rings is 2. The number of hydrogen-bond donors (Lipinski definition) is 2. The van der Waals surface area contributed by atoms with Gasteiger partial charge in [0, 0.05) is 17.8 Å². The van der Waals surface area contributed by atoms with Gasteiger partial charge in [0.25, 0.3) is 0 Å². The lowest BCUT2D eigenvalue weighted by Crippen LogP contribution is -2.48. The molecule has 0 spiro atoms. The molecular formula is C23H22O2. The molecule has 25 heavy (non-hydrogen) atoms. The van der Waals surface area contributed by atoms with E-state index in [-0.39, 0.29) is 17.8 Å². The van der Waals surface area contributed by atoms with Gasteiger partial charge in [-0.2, -0.15) is 0 Å². The minimum atomic E-state index is -1.12. The zero-order valence-electron chi connectivity index (χ0n) is 14.2. The molecule has 0 saturated carbocycles. The van der Waals surface area contributed by atoms with Crippen LogP contribution in [-0.2, 0) is 5.60 Å². The van der Waals surface area contributed by atoms with Gasteiger partial charge in [0.15, 0.2) is 0 Å². The zero-order valence-corrected chi connectivity index (χ0v) is 14.2. The van der Waals surface area contributed by atoms with Gasteiger partial charge in [0.2, 0.25) is 0 Å². The van der Waals surface area contributed by atoms with E-state index in [1.54, 1.807) is 0 Å². The Hall–Kier alpha value is -2.58. The Balaban J connectivity index is 1.99. The highest BCUT2D eigenvalue weighted by Gasteiger charge is 2.53. The Bertz CT molecular complexity index is 848. The molecule has 0 aromatic heterocycles. The van der Waals surface area contributed by atoms with Crippen LogP contribution in [0.1, 0.15) is 24.0 Å². The number of allylic oxidation sites excluding steroid dienone is 3. The third-order valence-corrected chi connectivity index (χ3v) is 5.61. The van der Waals surface area contributed by atoms with Crippen LogP contribution in [0.15, 0.2) is 96.3 Å². The molecule has 0 radical (unpaired) electrons. The first-order valence-corrected chi connectivity index (χ1v) is 8.71. The molecule has 0 bridgehead atoms. The predicted octanol–water partition coefficient (Wildman–Crippen LogP) is 4.86. The van der Waals surface area contributed by atoms with E-state index in [2.05, 4.69) is 0 Å². The maximum Gasteiger partial charge on any atom is 0.107 e. The molecule has 0 aliphatic heterocycles. The number of aliphatic hydroxyl groups excluding tert-OH is 1. The molecule has 0 heterocycles. The van der Waals surface area contributed by atoms with Gasteiger partial charge in [-0.05, 0) is 23.6 Å². The molecule has 2 N–H and O–H groups in total. The van der Waals surface area contributed by atoms with Crippen molar-refractivity contribution in [3.63, 3.8) is 0 Å². The second-order valence-corrected chi connectivity index (χ2v) is 6.92. The maximum absolute atomic E-state index is 12.1. The fraction of sp³-hybridized carbons (Fsp3) is 0.217. The van der Waals surface area contributed by atoms with Gasteiger partial charge in [0.05, 0.1) is 5.76 Å². The molecule has 0 unspecified atom stereocenters. The molecule has 2 aliphatic rings. The van der Waals surface area contributed by atoms with E-state index in [1.807, 2.05) is 91.9 Å². The van der Waals surface area contributed by atoms with E-state index in [1.165, 1.54) is 0 Å². The van der Waals surface area contributed by atoms with E-state index in [4.69, 9.17) is 0 Å². The molecule has 2 nitrogen and oxygen atoms in total. The summed E-state index contributed by atoms with van der Waals surface area (Å²) in [5.74, 6) is -0.336. The van der Waals surface area contributed by atoms with Crippen LogP contribution in [0.2, 0.25) is 0 Å². The lowest BCUT2D eigenvalue weighted by atomic mass is 9.58. The summed E-state index contributed by atoms with van der Waals surface area (Å²) < 4.78 is 0. The minimum Gasteiger partial charge on any atom is -0.512 e. The highest BCUT2D eigenvalue weighted by molar-refractivity contribution is 5.46. The Labute approximate surface area is 148 Å². The fourth-order valence-corrected chi connectivity index (χ4v) is 4.44. The summed E-state index contributed by atoms with van der Waals surface area (Å²) in [7, 11) is 0. The monoisotopic (exact) mass is 330 g/mol. The Kier molecular flexibility index (Phi) is 3.85. The van der Waals surface area contributed by atoms with Gasteiger partial charge in [-0.3, -0.25) is 0 Å². The van der Waals surface area contributed by atoms with E-state index >= 15 is 0 Å². The Morgan fingerprint density at radius 1 is 0.840 bits per heavy atom. The highest BCUT2D eigenvalue weighted by Crippen LogP contribution is 2.55. The summed E-state index contributed by atoms with van der Waals surface area (Å²) in [6, 6.07) is 19.8. The van der Waals surface area contributed by atoms with Crippen molar-refractivity contribution >= 4 is 0 Å². The average Bonchev–Trinajstić information content (AvgIpc) is 2.68. The molecule has 2 aliphatic carbocycles. The number of aliphatic hydroxyl groups is 2. The molecule has 0 amide bonds. The van der Waals surface area contributed by atoms with Gasteiger partial charge in [0.1, 0.15) is 5.60 Å². The SMILES string of the molecule is CC1=C(O)[C@H]2C=CC=C[C@@H]2[C@](O)(c2ccccc2)[C@@H]1c1ccccc1. The first-order valence-electron chi connectivity index (χ1n) is 8.71. The summed E-state index contributed by atoms with van der Waals surface area (Å²) in [5, 5.41) is 23.0. The number of fused-ring (bicyclic) bond motifs is 1. The molecule has 4 atom stereocenters. The zero-order chi connectivity index (χ0) is 17.4. The van der Waals surface area contributed by atoms with Gasteiger partial charge in [-0.25, -0.2) is 0 Å². The topological polar surface area (TPSA) is 40.5 Å². The lowest BCUT2D eigenvalue weighted by Gasteiger charge is -2.49. The van der Waals surface area contributed by atoms with Crippen LogP contribution in [0.5, 0.6) is 0 Å². The molecule has 0 saturated heterocycles. The quantitative estimate of drug-likeness (QED) is 0.825. The van der Waals surface area contributed by atoms with Gasteiger partial charge in [-0.1, -0.05) is 85.0 Å². The Morgan fingerprint density at radius 2 is 1.44 bits per heavy atom. The summed E-state index contributed by atoms with van der Waals surface area (Å²) >= 11 is 0. The van der Waals surface area contributed by atoms with Crippen LogP contribution in [-0.4, -0.2) is 10.2 Å². The largest absolute Gasteiger partial charge is 0.512 e. The van der Waals surface area contributed by atoms with E-state index in [0.29, 0.717) is 5.76 Å². The first kappa shape index (κ1) is 15.9. The average molecular weight is 330 g/mol. The van der Waals surface area contributed by atoms with E-state index in [0.717, 1.165) is 16.7 Å². The molecule has 0 fully saturated rings. The number of rotatable bonds is 2. The van der Waals surface area contributed by atoms with Crippen molar-refractivity contribution in [3.05, 3.63) is 107 Å². The second-order valence-electron chi connectivity index (χ2n) is 6.92. The van der Waals surface area contributed by atoms with Crippen molar-refractivity contribution in [1.29, 1.82) is 0 Å². The summed E-state index contributed by atoms with van der Waals surface area (Å²) in [4.78, 5) is 0. The van der Waals surface area contributed by atoms with Crippen molar-refractivity contribution in [3.8, 4) is 0 Å². The van der Waals surface area contributed by atoms with Crippen LogP contribution in [0.25, 0.3) is 0 Å². The van der Waals surface area contributed by atoms with Gasteiger partial charge >= 0.3 is 0 Å². The molecule has 2 aromatic rings. The second kappa shape index (κ2) is 6.05. The first-order chi connectivity index (χ1) is 12.1. The summed E-state index contributed by atoms with van der Waals surface area (Å²) in [5.41, 5.74) is 1.61. The highest BCUT2D eigenvalue weighted by atomic mass is 16.3. The number of hydrogen-bond acceptors (Lipinski definition) is 2. The van der Waals surface area contributed by atoms with Gasteiger partial charge < -0.3 is 10.2 Å². The third-order valence-electron chi connectivity index (χ3n) is 5.61. The van der Waals surface area contributed by atoms with Crippen molar-refractivity contribution in [2.45, 2.75) is 18.4 Å². The third kappa shape index (κ3) is 2.37. The van der Waals surface area contributed by atoms with Crippen molar-refractivity contribution < 1.29 is 10.2 Å². The van der Waals surface area contributed by atoms with Crippen molar-refractivity contribution in [1.82, 2.24) is 0 Å². The smallest absolute Gasteiger partial charge is 0.107 e. The normalized spacial score (nSPS) is 31.0. The fourth-order valence-electron chi connectivity index (χ4n) is 4.44. The van der Waals surface area contributed by atoms with Crippen molar-refractivity contribution in [2.75, 3.05) is 0 Å². The summed E-state index contributed by atoms with van der Waals surface area (Å²) in [6.07, 6.45) is 7.92. The minimum absolute atomic E-state index is 0.199.